The minimum atomic E-state index is -0.920. The summed E-state index contributed by atoms with van der Waals surface area (Å²) in [6, 6.07) is -0.741. The first-order chi connectivity index (χ1) is 8.79. The second kappa shape index (κ2) is 6.89. The zero-order valence-corrected chi connectivity index (χ0v) is 12.2. The predicted molar refractivity (Wildman–Crippen MR) is 73.9 cm³/mol. The highest BCUT2D eigenvalue weighted by atomic mass is 16.4. The van der Waals surface area contributed by atoms with Crippen LogP contribution in [-0.2, 0) is 9.59 Å². The van der Waals surface area contributed by atoms with E-state index in [-0.39, 0.29) is 23.9 Å². The van der Waals surface area contributed by atoms with Crippen molar-refractivity contribution in [2.45, 2.75) is 64.5 Å². The Balaban J connectivity index is 2.48. The molecule has 0 aromatic rings. The Hall–Kier alpha value is -1.10. The summed E-state index contributed by atoms with van der Waals surface area (Å²) in [4.78, 5) is 23.1. The summed E-state index contributed by atoms with van der Waals surface area (Å²) in [7, 11) is 0. The van der Waals surface area contributed by atoms with Crippen molar-refractivity contribution in [2.24, 2.45) is 5.92 Å². The van der Waals surface area contributed by atoms with Crippen LogP contribution in [0.1, 0.15) is 52.9 Å². The molecular formula is C14H26N2O3. The first-order valence-corrected chi connectivity index (χ1v) is 7.07. The third kappa shape index (κ3) is 6.05. The summed E-state index contributed by atoms with van der Waals surface area (Å²) in [6.07, 6.45) is 5.07. The normalized spacial score (nSPS) is 18.9. The molecule has 0 bridgehead atoms. The molecule has 0 saturated heterocycles. The standard InChI is InChI=1S/C14H26N2O3/c1-14(2,3)15-9-11(17)16-12(13(18)19)10-7-5-4-6-8-10/h10,12,15H,4-9H2,1-3H3,(H,16,17)(H,18,19). The monoisotopic (exact) mass is 270 g/mol. The summed E-state index contributed by atoms with van der Waals surface area (Å²) in [5, 5.41) is 15.0. The van der Waals surface area contributed by atoms with Gasteiger partial charge in [0.25, 0.3) is 0 Å². The molecule has 1 rings (SSSR count). The van der Waals surface area contributed by atoms with Crippen molar-refractivity contribution < 1.29 is 14.7 Å². The van der Waals surface area contributed by atoms with Gasteiger partial charge < -0.3 is 15.7 Å². The lowest BCUT2D eigenvalue weighted by Gasteiger charge is -2.28. The van der Waals surface area contributed by atoms with Crippen molar-refractivity contribution in [3.05, 3.63) is 0 Å². The van der Waals surface area contributed by atoms with Gasteiger partial charge in [0.15, 0.2) is 0 Å². The maximum absolute atomic E-state index is 11.8. The summed E-state index contributed by atoms with van der Waals surface area (Å²) in [6.45, 7) is 6.06. The molecule has 0 heterocycles. The van der Waals surface area contributed by atoms with Crippen LogP contribution in [0.15, 0.2) is 0 Å². The van der Waals surface area contributed by atoms with E-state index in [0.29, 0.717) is 0 Å². The first-order valence-electron chi connectivity index (χ1n) is 7.07. The number of carboxylic acids is 1. The van der Waals surface area contributed by atoms with Crippen LogP contribution in [0.5, 0.6) is 0 Å². The van der Waals surface area contributed by atoms with E-state index in [0.717, 1.165) is 25.7 Å². The van der Waals surface area contributed by atoms with Gasteiger partial charge in [-0.15, -0.1) is 0 Å². The summed E-state index contributed by atoms with van der Waals surface area (Å²) in [5.74, 6) is -1.09. The maximum atomic E-state index is 11.8. The molecule has 1 aliphatic carbocycles. The molecule has 1 aliphatic rings. The lowest BCUT2D eigenvalue weighted by Crippen LogP contribution is -2.51. The molecule has 0 radical (unpaired) electrons. The zero-order chi connectivity index (χ0) is 14.5. The van der Waals surface area contributed by atoms with Crippen molar-refractivity contribution in [1.29, 1.82) is 0 Å². The molecule has 5 heteroatoms. The van der Waals surface area contributed by atoms with Gasteiger partial charge in [0, 0.05) is 5.54 Å². The Morgan fingerprint density at radius 3 is 2.26 bits per heavy atom. The molecule has 19 heavy (non-hydrogen) atoms. The lowest BCUT2D eigenvalue weighted by molar-refractivity contribution is -0.143. The first kappa shape index (κ1) is 16.0. The van der Waals surface area contributed by atoms with Crippen molar-refractivity contribution >= 4 is 11.9 Å². The fourth-order valence-corrected chi connectivity index (χ4v) is 2.42. The molecule has 110 valence electrons. The van der Waals surface area contributed by atoms with Gasteiger partial charge in [0.05, 0.1) is 6.54 Å². The molecule has 5 nitrogen and oxygen atoms in total. The number of carbonyl (C=O) groups excluding carboxylic acids is 1. The van der Waals surface area contributed by atoms with Crippen LogP contribution in [-0.4, -0.2) is 35.1 Å². The number of nitrogens with one attached hydrogen (secondary N) is 2. The number of carbonyl (C=O) groups is 2. The Bertz CT molecular complexity index is 317. The molecule has 0 spiro atoms. The molecule has 1 fully saturated rings. The quantitative estimate of drug-likeness (QED) is 0.708. The third-order valence-electron chi connectivity index (χ3n) is 3.48. The SMILES string of the molecule is CC(C)(C)NCC(=O)NC(C(=O)O)C1CCCCC1. The van der Waals surface area contributed by atoms with Crippen molar-refractivity contribution in [3.8, 4) is 0 Å². The van der Waals surface area contributed by atoms with E-state index < -0.39 is 12.0 Å². The van der Waals surface area contributed by atoms with E-state index in [1.165, 1.54) is 6.42 Å². The molecule has 3 N–H and O–H groups in total. The third-order valence-corrected chi connectivity index (χ3v) is 3.48. The Morgan fingerprint density at radius 2 is 1.79 bits per heavy atom. The van der Waals surface area contributed by atoms with Crippen LogP contribution in [0.4, 0.5) is 0 Å². The summed E-state index contributed by atoms with van der Waals surface area (Å²) in [5.41, 5.74) is -0.152. The van der Waals surface area contributed by atoms with Crippen LogP contribution in [0, 0.1) is 5.92 Å². The second-order valence-corrected chi connectivity index (χ2v) is 6.39. The summed E-state index contributed by atoms with van der Waals surface area (Å²) >= 11 is 0. The summed E-state index contributed by atoms with van der Waals surface area (Å²) < 4.78 is 0. The Morgan fingerprint density at radius 1 is 1.21 bits per heavy atom. The number of carboxylic acid groups (broad SMARTS) is 1. The highest BCUT2D eigenvalue weighted by Crippen LogP contribution is 2.26. The fraction of sp³-hybridized carbons (Fsp3) is 0.857. The number of hydrogen-bond donors (Lipinski definition) is 3. The van der Waals surface area contributed by atoms with E-state index in [1.54, 1.807) is 0 Å². The minimum Gasteiger partial charge on any atom is -0.480 e. The van der Waals surface area contributed by atoms with Crippen LogP contribution >= 0.6 is 0 Å². The largest absolute Gasteiger partial charge is 0.480 e. The maximum Gasteiger partial charge on any atom is 0.326 e. The highest BCUT2D eigenvalue weighted by molar-refractivity contribution is 5.84. The van der Waals surface area contributed by atoms with Gasteiger partial charge >= 0.3 is 5.97 Å². The van der Waals surface area contributed by atoms with Gasteiger partial charge in [0.1, 0.15) is 6.04 Å². The number of amides is 1. The van der Waals surface area contributed by atoms with Crippen molar-refractivity contribution in [1.82, 2.24) is 10.6 Å². The van der Waals surface area contributed by atoms with E-state index in [2.05, 4.69) is 10.6 Å². The molecule has 0 aromatic carbocycles. The zero-order valence-electron chi connectivity index (χ0n) is 12.2. The average Bonchev–Trinajstić information content (AvgIpc) is 2.33. The van der Waals surface area contributed by atoms with Crippen LogP contribution in [0.25, 0.3) is 0 Å². The smallest absolute Gasteiger partial charge is 0.326 e. The van der Waals surface area contributed by atoms with Gasteiger partial charge in [-0.3, -0.25) is 4.79 Å². The Labute approximate surface area is 115 Å². The van der Waals surface area contributed by atoms with Crippen molar-refractivity contribution in [2.75, 3.05) is 6.54 Å². The molecule has 1 saturated carbocycles. The topological polar surface area (TPSA) is 78.4 Å². The van der Waals surface area contributed by atoms with Crippen LogP contribution in [0.2, 0.25) is 0 Å². The molecule has 1 unspecified atom stereocenters. The average molecular weight is 270 g/mol. The molecule has 0 aliphatic heterocycles. The van der Waals surface area contributed by atoms with E-state index in [9.17, 15) is 14.7 Å². The van der Waals surface area contributed by atoms with E-state index >= 15 is 0 Å². The fourth-order valence-electron chi connectivity index (χ4n) is 2.42. The van der Waals surface area contributed by atoms with Gasteiger partial charge in [-0.2, -0.15) is 0 Å². The van der Waals surface area contributed by atoms with E-state index in [4.69, 9.17) is 0 Å². The van der Waals surface area contributed by atoms with E-state index in [1.807, 2.05) is 20.8 Å². The Kier molecular flexibility index (Phi) is 5.79. The number of hydrogen-bond acceptors (Lipinski definition) is 3. The number of rotatable bonds is 5. The highest BCUT2D eigenvalue weighted by Gasteiger charge is 2.30. The van der Waals surface area contributed by atoms with Gasteiger partial charge in [-0.1, -0.05) is 19.3 Å². The van der Waals surface area contributed by atoms with Crippen molar-refractivity contribution in [3.63, 3.8) is 0 Å². The molecule has 0 aromatic heterocycles. The van der Waals surface area contributed by atoms with Crippen LogP contribution < -0.4 is 10.6 Å². The van der Waals surface area contributed by atoms with Crippen LogP contribution in [0.3, 0.4) is 0 Å². The minimum absolute atomic E-state index is 0.0739. The lowest BCUT2D eigenvalue weighted by atomic mass is 9.84. The second-order valence-electron chi connectivity index (χ2n) is 6.39. The molecule has 1 amide bonds. The van der Waals surface area contributed by atoms with Gasteiger partial charge in [-0.25, -0.2) is 4.79 Å². The number of aliphatic carboxylic acids is 1. The predicted octanol–water partition coefficient (Wildman–Crippen LogP) is 1.52. The molecular weight excluding hydrogens is 244 g/mol. The molecule has 1 atom stereocenters. The van der Waals surface area contributed by atoms with Gasteiger partial charge in [-0.05, 0) is 39.5 Å². The van der Waals surface area contributed by atoms with Gasteiger partial charge in [0.2, 0.25) is 5.91 Å².